The number of rotatable bonds is 8. The number of hydrogen-bond donors (Lipinski definition) is 3. The zero-order chi connectivity index (χ0) is 30.7. The molecule has 6 rings (SSSR count). The molecule has 2 amide bonds. The lowest BCUT2D eigenvalue weighted by molar-refractivity contribution is -0.265. The van der Waals surface area contributed by atoms with Gasteiger partial charge in [-0.25, -0.2) is 4.98 Å². The highest BCUT2D eigenvalue weighted by atomic mass is 19.4. The van der Waals surface area contributed by atoms with Crippen molar-refractivity contribution in [3.05, 3.63) is 53.0 Å². The summed E-state index contributed by atoms with van der Waals surface area (Å²) in [6.07, 6.45) is 0.419. The molecule has 14 heteroatoms. The minimum absolute atomic E-state index is 0.0221. The molecule has 1 saturated carbocycles. The van der Waals surface area contributed by atoms with Crippen LogP contribution < -0.4 is 20.5 Å². The largest absolute Gasteiger partial charge is 0.494 e. The molecule has 3 aliphatic rings. The molecule has 228 valence electrons. The van der Waals surface area contributed by atoms with Crippen LogP contribution in [0.15, 0.2) is 30.5 Å². The van der Waals surface area contributed by atoms with E-state index in [1.807, 2.05) is 0 Å². The fraction of sp³-hybridized carbons (Fsp3) is 0.448. The highest BCUT2D eigenvalue weighted by Crippen LogP contribution is 2.47. The van der Waals surface area contributed by atoms with Crippen LogP contribution in [0.4, 0.5) is 13.2 Å². The van der Waals surface area contributed by atoms with Crippen LogP contribution >= 0.6 is 0 Å². The number of halogens is 3. The Kier molecular flexibility index (Phi) is 6.88. The maximum absolute atomic E-state index is 14.7. The maximum Gasteiger partial charge on any atom is 0.424 e. The molecule has 3 aromatic rings. The van der Waals surface area contributed by atoms with E-state index in [4.69, 9.17) is 19.9 Å². The van der Waals surface area contributed by atoms with E-state index < -0.39 is 41.2 Å². The number of aliphatic hydroxyl groups is 1. The number of pyridine rings is 1. The normalized spacial score (nSPS) is 21.5. The van der Waals surface area contributed by atoms with Crippen molar-refractivity contribution in [1.29, 1.82) is 0 Å². The van der Waals surface area contributed by atoms with Gasteiger partial charge < -0.3 is 30.4 Å². The van der Waals surface area contributed by atoms with E-state index in [1.165, 1.54) is 26.2 Å². The third-order valence-corrected chi connectivity index (χ3v) is 8.28. The van der Waals surface area contributed by atoms with Crippen LogP contribution in [0.3, 0.4) is 0 Å². The first-order chi connectivity index (χ1) is 20.4. The molecule has 0 saturated heterocycles. The number of nitrogens with one attached hydrogen (secondary N) is 1. The van der Waals surface area contributed by atoms with Crippen molar-refractivity contribution in [3.63, 3.8) is 0 Å². The Morgan fingerprint density at radius 1 is 1.28 bits per heavy atom. The number of amides is 2. The molecule has 0 bridgehead atoms. The Balaban J connectivity index is 1.38. The summed E-state index contributed by atoms with van der Waals surface area (Å²) in [5.41, 5.74) is 0.934. The van der Waals surface area contributed by atoms with Gasteiger partial charge in [-0.2, -0.15) is 18.3 Å². The molecule has 1 unspecified atom stereocenters. The second-order valence-corrected chi connectivity index (χ2v) is 11.3. The smallest absolute Gasteiger partial charge is 0.424 e. The van der Waals surface area contributed by atoms with Crippen molar-refractivity contribution in [2.45, 2.75) is 49.4 Å². The third kappa shape index (κ3) is 4.87. The lowest BCUT2D eigenvalue weighted by Crippen LogP contribution is -2.52. The van der Waals surface area contributed by atoms with Crippen molar-refractivity contribution in [2.75, 3.05) is 33.5 Å². The fourth-order valence-corrected chi connectivity index (χ4v) is 5.34. The van der Waals surface area contributed by atoms with Gasteiger partial charge in [0.05, 0.1) is 38.6 Å². The van der Waals surface area contributed by atoms with E-state index in [9.17, 15) is 27.9 Å². The molecule has 4 N–H and O–H groups in total. The minimum Gasteiger partial charge on any atom is -0.494 e. The zero-order valence-electron chi connectivity index (χ0n) is 23.5. The van der Waals surface area contributed by atoms with Crippen molar-refractivity contribution in [2.24, 2.45) is 5.73 Å². The number of benzene rings is 1. The molecule has 11 nitrogen and oxygen atoms in total. The van der Waals surface area contributed by atoms with Crippen molar-refractivity contribution in [1.82, 2.24) is 20.1 Å². The third-order valence-electron chi connectivity index (χ3n) is 8.28. The average molecular weight is 602 g/mol. The molecular formula is C29H30F3N5O6. The van der Waals surface area contributed by atoms with Gasteiger partial charge in [0.15, 0.2) is 0 Å². The van der Waals surface area contributed by atoms with Gasteiger partial charge in [0.1, 0.15) is 34.7 Å². The lowest BCUT2D eigenvalue weighted by atomic mass is 9.81. The molecule has 0 radical (unpaired) electrons. The van der Waals surface area contributed by atoms with Gasteiger partial charge in [0.2, 0.25) is 11.5 Å². The Hall–Kier alpha value is -4.17. The molecule has 0 spiro atoms. The Labute approximate surface area is 243 Å². The summed E-state index contributed by atoms with van der Waals surface area (Å²) >= 11 is 0. The predicted octanol–water partition coefficient (Wildman–Crippen LogP) is 2.89. The topological polar surface area (TPSA) is 151 Å². The second-order valence-electron chi connectivity index (χ2n) is 11.3. The van der Waals surface area contributed by atoms with Crippen LogP contribution in [0.1, 0.15) is 59.5 Å². The standard InChI is InChI=1S/C29H30F3N5O6/c1-27(26(33)39)14-43-24-19(27)11-21(35-23(24)15-5-7-42-8-6-15)28(40,29(30,31)32)13-34-25(38)16-9-17-12-37(18-3-4-18)36-22(17)20(10-16)41-2/h5,9-12,18,40H,3-4,6-8,13-14H2,1-2H3,(H2,33,39)(H,34,38)/t27-,28?/m0/s1. The number of aromatic nitrogens is 3. The predicted molar refractivity (Wildman–Crippen MR) is 147 cm³/mol. The Bertz CT molecular complexity index is 1670. The first-order valence-electron chi connectivity index (χ1n) is 13.8. The molecular weight excluding hydrogens is 571 g/mol. The van der Waals surface area contributed by atoms with Crippen LogP contribution in [0, 0.1) is 0 Å². The first-order valence-corrected chi connectivity index (χ1v) is 13.8. The summed E-state index contributed by atoms with van der Waals surface area (Å²) < 4.78 is 62.4. The monoisotopic (exact) mass is 601 g/mol. The van der Waals surface area contributed by atoms with Gasteiger partial charge >= 0.3 is 6.18 Å². The number of carbonyl (C=O) groups excluding carboxylic acids is 2. The maximum atomic E-state index is 14.7. The van der Waals surface area contributed by atoms with E-state index in [-0.39, 0.29) is 47.6 Å². The van der Waals surface area contributed by atoms with Crippen LogP contribution in [0.5, 0.6) is 11.5 Å². The van der Waals surface area contributed by atoms with Crippen molar-refractivity contribution >= 4 is 28.3 Å². The molecule has 1 aliphatic carbocycles. The number of alkyl halides is 3. The van der Waals surface area contributed by atoms with Gasteiger partial charge in [-0.3, -0.25) is 14.3 Å². The van der Waals surface area contributed by atoms with Gasteiger partial charge in [0, 0.05) is 22.7 Å². The number of carbonyl (C=O) groups is 2. The van der Waals surface area contributed by atoms with Gasteiger partial charge in [-0.15, -0.1) is 0 Å². The molecule has 4 heterocycles. The number of methoxy groups -OCH3 is 1. The summed E-state index contributed by atoms with van der Waals surface area (Å²) in [5, 5.41) is 18.6. The molecule has 43 heavy (non-hydrogen) atoms. The van der Waals surface area contributed by atoms with Crippen LogP contribution in [-0.2, 0) is 20.5 Å². The number of hydrogen-bond acceptors (Lipinski definition) is 8. The van der Waals surface area contributed by atoms with E-state index in [2.05, 4.69) is 15.4 Å². The van der Waals surface area contributed by atoms with Gasteiger partial charge in [-0.1, -0.05) is 6.08 Å². The summed E-state index contributed by atoms with van der Waals surface area (Å²) in [5.74, 6) is -1.28. The summed E-state index contributed by atoms with van der Waals surface area (Å²) in [4.78, 5) is 29.9. The SMILES string of the molecule is COc1cc(C(=O)NCC(O)(c2cc3c(c(C4=CCOCC4)n2)OC[C@]3(C)C(N)=O)C(F)(F)F)cc2cn(C3CC3)nc12. The van der Waals surface area contributed by atoms with E-state index in [1.54, 1.807) is 17.0 Å². The highest BCUT2D eigenvalue weighted by Gasteiger charge is 2.57. The van der Waals surface area contributed by atoms with E-state index in [0.29, 0.717) is 29.5 Å². The number of nitrogens with zero attached hydrogens (tertiary/aromatic N) is 3. The fourth-order valence-electron chi connectivity index (χ4n) is 5.34. The van der Waals surface area contributed by atoms with Crippen molar-refractivity contribution in [3.8, 4) is 11.5 Å². The van der Waals surface area contributed by atoms with Gasteiger partial charge in [-0.05, 0) is 50.0 Å². The summed E-state index contributed by atoms with van der Waals surface area (Å²) in [6.45, 7) is 0.486. The average Bonchev–Trinajstić information content (AvgIpc) is 3.65. The minimum atomic E-state index is -5.28. The second kappa shape index (κ2) is 10.2. The van der Waals surface area contributed by atoms with Crippen molar-refractivity contribution < 1.29 is 42.1 Å². The van der Waals surface area contributed by atoms with E-state index >= 15 is 0 Å². The van der Waals surface area contributed by atoms with E-state index in [0.717, 1.165) is 18.9 Å². The van der Waals surface area contributed by atoms with Crippen LogP contribution in [0.2, 0.25) is 0 Å². The molecule has 2 aromatic heterocycles. The lowest BCUT2D eigenvalue weighted by Gasteiger charge is -2.31. The van der Waals surface area contributed by atoms with Gasteiger partial charge in [0.25, 0.3) is 5.91 Å². The number of nitrogens with two attached hydrogens (primary N) is 1. The Morgan fingerprint density at radius 3 is 2.67 bits per heavy atom. The highest BCUT2D eigenvalue weighted by molar-refractivity contribution is 6.00. The number of fused-ring (bicyclic) bond motifs is 2. The van der Waals surface area contributed by atoms with Crippen LogP contribution in [0.25, 0.3) is 16.5 Å². The molecule has 1 fully saturated rings. The first kappa shape index (κ1) is 28.9. The molecule has 1 aromatic carbocycles. The quantitative estimate of drug-likeness (QED) is 0.357. The Morgan fingerprint density at radius 2 is 2.05 bits per heavy atom. The zero-order valence-corrected chi connectivity index (χ0v) is 23.5. The number of primary amides is 1. The molecule has 2 aliphatic heterocycles. The number of ether oxygens (including phenoxy) is 3. The van der Waals surface area contributed by atoms with Crippen LogP contribution in [-0.4, -0.2) is 71.3 Å². The summed E-state index contributed by atoms with van der Waals surface area (Å²) in [6, 6.07) is 4.13. The summed E-state index contributed by atoms with van der Waals surface area (Å²) in [7, 11) is 1.41. The molecule has 2 atom stereocenters.